The van der Waals surface area contributed by atoms with Crippen molar-refractivity contribution in [1.29, 1.82) is 0 Å². The molecule has 1 heterocycles. The van der Waals surface area contributed by atoms with Gasteiger partial charge in [-0.15, -0.1) is 0 Å². The first-order valence-electron chi connectivity index (χ1n) is 6.01. The SMILES string of the molecule is CC(C)NC(C)c1ccc(-n2ccnc2)cc1. The van der Waals surface area contributed by atoms with Crippen molar-refractivity contribution in [2.24, 2.45) is 0 Å². The molecule has 0 saturated carbocycles. The molecule has 0 aliphatic heterocycles. The van der Waals surface area contributed by atoms with Crippen molar-refractivity contribution < 1.29 is 0 Å². The van der Waals surface area contributed by atoms with Crippen molar-refractivity contribution in [3.8, 4) is 5.69 Å². The fraction of sp³-hybridized carbons (Fsp3) is 0.357. The van der Waals surface area contributed by atoms with E-state index in [-0.39, 0.29) is 0 Å². The Bertz CT molecular complexity index is 443. The van der Waals surface area contributed by atoms with Gasteiger partial charge in [0.1, 0.15) is 0 Å². The van der Waals surface area contributed by atoms with E-state index in [9.17, 15) is 0 Å². The van der Waals surface area contributed by atoms with Crippen LogP contribution in [0.3, 0.4) is 0 Å². The van der Waals surface area contributed by atoms with Gasteiger partial charge in [0.05, 0.1) is 6.33 Å². The van der Waals surface area contributed by atoms with Crippen LogP contribution in [0.15, 0.2) is 43.0 Å². The molecule has 0 spiro atoms. The molecule has 2 rings (SSSR count). The summed E-state index contributed by atoms with van der Waals surface area (Å²) >= 11 is 0. The van der Waals surface area contributed by atoms with Crippen LogP contribution < -0.4 is 5.32 Å². The number of imidazole rings is 1. The zero-order valence-corrected chi connectivity index (χ0v) is 10.6. The molecule has 0 amide bonds. The van der Waals surface area contributed by atoms with E-state index >= 15 is 0 Å². The number of nitrogens with zero attached hydrogens (tertiary/aromatic N) is 2. The molecule has 0 aliphatic rings. The van der Waals surface area contributed by atoms with Crippen LogP contribution in [0.25, 0.3) is 5.69 Å². The normalized spacial score (nSPS) is 12.9. The highest BCUT2D eigenvalue weighted by Crippen LogP contribution is 2.16. The van der Waals surface area contributed by atoms with Gasteiger partial charge in [0.2, 0.25) is 0 Å². The lowest BCUT2D eigenvalue weighted by atomic mass is 10.1. The maximum Gasteiger partial charge on any atom is 0.0991 e. The summed E-state index contributed by atoms with van der Waals surface area (Å²) in [5.41, 5.74) is 2.45. The fourth-order valence-electron chi connectivity index (χ4n) is 1.94. The molecule has 0 bridgehead atoms. The predicted octanol–water partition coefficient (Wildman–Crippen LogP) is 2.93. The molecular weight excluding hydrogens is 210 g/mol. The van der Waals surface area contributed by atoms with Crippen molar-refractivity contribution in [3.63, 3.8) is 0 Å². The second-order valence-electron chi connectivity index (χ2n) is 4.60. The lowest BCUT2D eigenvalue weighted by Gasteiger charge is -2.17. The van der Waals surface area contributed by atoms with Crippen LogP contribution in [0.4, 0.5) is 0 Å². The summed E-state index contributed by atoms with van der Waals surface area (Å²) in [5, 5.41) is 3.49. The van der Waals surface area contributed by atoms with Crippen molar-refractivity contribution in [2.75, 3.05) is 0 Å². The lowest BCUT2D eigenvalue weighted by Crippen LogP contribution is -2.25. The number of hydrogen-bond acceptors (Lipinski definition) is 2. The Morgan fingerprint density at radius 1 is 1.12 bits per heavy atom. The van der Waals surface area contributed by atoms with Crippen LogP contribution in [0.5, 0.6) is 0 Å². The van der Waals surface area contributed by atoms with Crippen LogP contribution in [0.2, 0.25) is 0 Å². The van der Waals surface area contributed by atoms with E-state index in [1.54, 1.807) is 6.20 Å². The Labute approximate surface area is 103 Å². The average molecular weight is 229 g/mol. The molecule has 1 unspecified atom stereocenters. The minimum atomic E-state index is 0.381. The highest BCUT2D eigenvalue weighted by molar-refractivity contribution is 5.35. The molecule has 1 aromatic carbocycles. The van der Waals surface area contributed by atoms with Gasteiger partial charge < -0.3 is 9.88 Å². The second-order valence-corrected chi connectivity index (χ2v) is 4.60. The number of nitrogens with one attached hydrogen (secondary N) is 1. The van der Waals surface area contributed by atoms with Gasteiger partial charge in [-0.1, -0.05) is 26.0 Å². The van der Waals surface area contributed by atoms with E-state index in [0.29, 0.717) is 12.1 Å². The minimum Gasteiger partial charge on any atom is -0.308 e. The molecule has 90 valence electrons. The van der Waals surface area contributed by atoms with Crippen LogP contribution >= 0.6 is 0 Å². The van der Waals surface area contributed by atoms with Crippen LogP contribution in [0.1, 0.15) is 32.4 Å². The smallest absolute Gasteiger partial charge is 0.0991 e. The summed E-state index contributed by atoms with van der Waals surface area (Å²) in [6, 6.07) is 9.45. The van der Waals surface area contributed by atoms with Crippen molar-refractivity contribution in [1.82, 2.24) is 14.9 Å². The fourth-order valence-corrected chi connectivity index (χ4v) is 1.94. The summed E-state index contributed by atoms with van der Waals surface area (Å²) < 4.78 is 2.00. The molecule has 0 saturated heterocycles. The monoisotopic (exact) mass is 229 g/mol. The highest BCUT2D eigenvalue weighted by Gasteiger charge is 2.06. The van der Waals surface area contributed by atoms with E-state index in [1.807, 2.05) is 17.1 Å². The van der Waals surface area contributed by atoms with E-state index in [1.165, 1.54) is 5.56 Å². The van der Waals surface area contributed by atoms with Gasteiger partial charge in [0.25, 0.3) is 0 Å². The molecule has 2 aromatic rings. The summed E-state index contributed by atoms with van der Waals surface area (Å²) in [6.45, 7) is 6.51. The Morgan fingerprint density at radius 2 is 1.82 bits per heavy atom. The van der Waals surface area contributed by atoms with Crippen molar-refractivity contribution >= 4 is 0 Å². The zero-order valence-electron chi connectivity index (χ0n) is 10.6. The Kier molecular flexibility index (Phi) is 3.59. The maximum atomic E-state index is 4.05. The number of rotatable bonds is 4. The van der Waals surface area contributed by atoms with Crippen LogP contribution in [0, 0.1) is 0 Å². The third-order valence-corrected chi connectivity index (χ3v) is 2.78. The highest BCUT2D eigenvalue weighted by atomic mass is 15.0. The van der Waals surface area contributed by atoms with Crippen molar-refractivity contribution in [2.45, 2.75) is 32.9 Å². The van der Waals surface area contributed by atoms with E-state index < -0.39 is 0 Å². The van der Waals surface area contributed by atoms with Crippen LogP contribution in [-0.2, 0) is 0 Å². The molecule has 0 radical (unpaired) electrons. The number of hydrogen-bond donors (Lipinski definition) is 1. The topological polar surface area (TPSA) is 29.9 Å². The number of benzene rings is 1. The minimum absolute atomic E-state index is 0.381. The van der Waals surface area contributed by atoms with Crippen molar-refractivity contribution in [3.05, 3.63) is 48.5 Å². The molecule has 1 atom stereocenters. The molecule has 17 heavy (non-hydrogen) atoms. The Hall–Kier alpha value is -1.61. The zero-order chi connectivity index (χ0) is 12.3. The first-order valence-corrected chi connectivity index (χ1v) is 6.01. The van der Waals surface area contributed by atoms with E-state index in [2.05, 4.69) is 55.3 Å². The predicted molar refractivity (Wildman–Crippen MR) is 70.3 cm³/mol. The van der Waals surface area contributed by atoms with E-state index in [0.717, 1.165) is 5.69 Å². The summed E-state index contributed by atoms with van der Waals surface area (Å²) in [4.78, 5) is 4.05. The molecule has 0 aliphatic carbocycles. The Morgan fingerprint density at radius 3 is 2.35 bits per heavy atom. The number of aromatic nitrogens is 2. The first kappa shape index (κ1) is 11.9. The first-order chi connectivity index (χ1) is 8.16. The van der Waals surface area contributed by atoms with Gasteiger partial charge in [-0.05, 0) is 24.6 Å². The van der Waals surface area contributed by atoms with Gasteiger partial charge in [-0.2, -0.15) is 0 Å². The standard InChI is InChI=1S/C14H19N3/c1-11(2)16-12(3)13-4-6-14(7-5-13)17-9-8-15-10-17/h4-12,16H,1-3H3. The quantitative estimate of drug-likeness (QED) is 0.873. The maximum absolute atomic E-state index is 4.05. The van der Waals surface area contributed by atoms with Gasteiger partial charge in [0, 0.05) is 30.2 Å². The van der Waals surface area contributed by atoms with Crippen LogP contribution in [-0.4, -0.2) is 15.6 Å². The lowest BCUT2D eigenvalue weighted by molar-refractivity contribution is 0.506. The molecule has 1 N–H and O–H groups in total. The van der Waals surface area contributed by atoms with E-state index in [4.69, 9.17) is 0 Å². The third-order valence-electron chi connectivity index (χ3n) is 2.78. The third kappa shape index (κ3) is 2.94. The largest absolute Gasteiger partial charge is 0.308 e. The van der Waals surface area contributed by atoms with Gasteiger partial charge in [-0.3, -0.25) is 0 Å². The van der Waals surface area contributed by atoms with Gasteiger partial charge in [0.15, 0.2) is 0 Å². The molecule has 3 nitrogen and oxygen atoms in total. The summed E-state index contributed by atoms with van der Waals surface area (Å²) in [7, 11) is 0. The molecule has 1 aromatic heterocycles. The molecular formula is C14H19N3. The molecule has 3 heteroatoms. The second kappa shape index (κ2) is 5.15. The van der Waals surface area contributed by atoms with Gasteiger partial charge >= 0.3 is 0 Å². The summed E-state index contributed by atoms with van der Waals surface area (Å²) in [6.07, 6.45) is 5.55. The van der Waals surface area contributed by atoms with Gasteiger partial charge in [-0.25, -0.2) is 4.98 Å². The average Bonchev–Trinajstić information content (AvgIpc) is 2.82. The Balaban J connectivity index is 2.13. The molecule has 0 fully saturated rings. The summed E-state index contributed by atoms with van der Waals surface area (Å²) in [5.74, 6) is 0.